The number of hydrogen-bond donors (Lipinski definition) is 2. The van der Waals surface area contributed by atoms with Gasteiger partial charge < -0.3 is 16.0 Å². The second-order valence-corrected chi connectivity index (χ2v) is 5.66. The van der Waals surface area contributed by atoms with Crippen molar-refractivity contribution in [3.05, 3.63) is 71.3 Å². The Labute approximate surface area is 135 Å². The Kier molecular flexibility index (Phi) is 4.28. The largest absolute Gasteiger partial charge is 0.368 e. The maximum atomic E-state index is 12.5. The standard InChI is InChI=1S/C18H19N3O2/c19-17(22)16-10-14-8-4-5-9-15(14)12-21(16)18(23)20-11-13-6-2-1-3-7-13/h1-9,16H,10-12H2,(H2,19,22)(H,20,23)/t16-/m0/s1. The molecular formula is C18H19N3O2. The molecule has 1 atom stereocenters. The summed E-state index contributed by atoms with van der Waals surface area (Å²) in [6.07, 6.45) is 0.463. The normalized spacial score (nSPS) is 16.5. The summed E-state index contributed by atoms with van der Waals surface area (Å²) in [6.45, 7) is 0.813. The van der Waals surface area contributed by atoms with Crippen LogP contribution in [0.3, 0.4) is 0 Å². The molecule has 3 N–H and O–H groups in total. The van der Waals surface area contributed by atoms with Gasteiger partial charge in [-0.1, -0.05) is 54.6 Å². The van der Waals surface area contributed by atoms with Crippen molar-refractivity contribution >= 4 is 11.9 Å². The highest BCUT2D eigenvalue weighted by atomic mass is 16.2. The highest BCUT2D eigenvalue weighted by Gasteiger charge is 2.33. The zero-order valence-corrected chi connectivity index (χ0v) is 12.7. The van der Waals surface area contributed by atoms with Crippen LogP contribution in [0.25, 0.3) is 0 Å². The summed E-state index contributed by atoms with van der Waals surface area (Å²) < 4.78 is 0. The third kappa shape index (κ3) is 3.34. The van der Waals surface area contributed by atoms with Crippen molar-refractivity contribution in [2.24, 2.45) is 5.73 Å². The number of benzene rings is 2. The number of rotatable bonds is 3. The highest BCUT2D eigenvalue weighted by molar-refractivity contribution is 5.86. The molecule has 1 aliphatic rings. The topological polar surface area (TPSA) is 75.4 Å². The number of fused-ring (bicyclic) bond motifs is 1. The van der Waals surface area contributed by atoms with Gasteiger partial charge in [0.2, 0.25) is 5.91 Å². The molecule has 0 unspecified atom stereocenters. The molecule has 0 aliphatic carbocycles. The lowest BCUT2D eigenvalue weighted by Gasteiger charge is -2.35. The smallest absolute Gasteiger partial charge is 0.318 e. The number of hydrogen-bond acceptors (Lipinski definition) is 2. The number of nitrogens with two attached hydrogens (primary N) is 1. The van der Waals surface area contributed by atoms with Crippen LogP contribution in [-0.4, -0.2) is 22.9 Å². The number of nitrogens with one attached hydrogen (secondary N) is 1. The summed E-state index contributed by atoms with van der Waals surface area (Å²) >= 11 is 0. The van der Waals surface area contributed by atoms with Crippen molar-refractivity contribution in [2.75, 3.05) is 0 Å². The van der Waals surface area contributed by atoms with E-state index in [2.05, 4.69) is 5.32 Å². The molecular weight excluding hydrogens is 290 g/mol. The van der Waals surface area contributed by atoms with Crippen molar-refractivity contribution in [1.29, 1.82) is 0 Å². The summed E-state index contributed by atoms with van der Waals surface area (Å²) in [5.41, 5.74) is 8.64. The Morgan fingerprint density at radius 3 is 2.39 bits per heavy atom. The van der Waals surface area contributed by atoms with Gasteiger partial charge in [-0.15, -0.1) is 0 Å². The molecule has 118 valence electrons. The summed E-state index contributed by atoms with van der Waals surface area (Å²) in [6, 6.07) is 16.6. The Morgan fingerprint density at radius 1 is 1.04 bits per heavy atom. The minimum absolute atomic E-state index is 0.271. The van der Waals surface area contributed by atoms with Crippen molar-refractivity contribution in [3.8, 4) is 0 Å². The molecule has 5 heteroatoms. The lowest BCUT2D eigenvalue weighted by molar-refractivity contribution is -0.122. The van der Waals surface area contributed by atoms with Crippen LogP contribution >= 0.6 is 0 Å². The van der Waals surface area contributed by atoms with Crippen molar-refractivity contribution in [3.63, 3.8) is 0 Å². The van der Waals surface area contributed by atoms with Gasteiger partial charge in [0.1, 0.15) is 6.04 Å². The minimum atomic E-state index is -0.610. The Bertz CT molecular complexity index is 715. The van der Waals surface area contributed by atoms with E-state index in [1.54, 1.807) is 0 Å². The fraction of sp³-hybridized carbons (Fsp3) is 0.222. The zero-order chi connectivity index (χ0) is 16.2. The summed E-state index contributed by atoms with van der Waals surface area (Å²) in [4.78, 5) is 25.8. The van der Waals surface area contributed by atoms with Crippen molar-refractivity contribution in [2.45, 2.75) is 25.6 Å². The first kappa shape index (κ1) is 15.1. The van der Waals surface area contributed by atoms with Gasteiger partial charge in [-0.2, -0.15) is 0 Å². The van der Waals surface area contributed by atoms with Crippen LogP contribution in [0.4, 0.5) is 4.79 Å². The molecule has 0 spiro atoms. The van der Waals surface area contributed by atoms with Crippen molar-refractivity contribution < 1.29 is 9.59 Å². The van der Waals surface area contributed by atoms with Gasteiger partial charge in [-0.25, -0.2) is 4.79 Å². The van der Waals surface area contributed by atoms with Gasteiger partial charge in [0, 0.05) is 19.5 Å². The third-order valence-electron chi connectivity index (χ3n) is 4.12. The predicted molar refractivity (Wildman–Crippen MR) is 87.3 cm³/mol. The third-order valence-corrected chi connectivity index (χ3v) is 4.12. The fourth-order valence-corrected chi connectivity index (χ4v) is 2.87. The Hall–Kier alpha value is -2.82. The van der Waals surface area contributed by atoms with Gasteiger partial charge in [-0.3, -0.25) is 4.79 Å². The molecule has 3 rings (SSSR count). The number of carbonyl (C=O) groups is 2. The van der Waals surface area contributed by atoms with E-state index in [1.165, 1.54) is 4.90 Å². The molecule has 2 aromatic carbocycles. The molecule has 3 amide bonds. The molecule has 0 saturated carbocycles. The first-order chi connectivity index (χ1) is 11.1. The average molecular weight is 309 g/mol. The second kappa shape index (κ2) is 6.52. The van der Waals surface area contributed by atoms with Crippen LogP contribution in [0.2, 0.25) is 0 Å². The van der Waals surface area contributed by atoms with E-state index in [0.29, 0.717) is 19.5 Å². The summed E-state index contributed by atoms with van der Waals surface area (Å²) in [7, 11) is 0. The highest BCUT2D eigenvalue weighted by Crippen LogP contribution is 2.23. The molecule has 0 fully saturated rings. The van der Waals surface area contributed by atoms with Gasteiger partial charge in [0.05, 0.1) is 0 Å². The predicted octanol–water partition coefficient (Wildman–Crippen LogP) is 1.81. The quantitative estimate of drug-likeness (QED) is 0.907. The van der Waals surface area contributed by atoms with E-state index in [0.717, 1.165) is 16.7 Å². The van der Waals surface area contributed by atoms with E-state index in [-0.39, 0.29) is 6.03 Å². The molecule has 0 bridgehead atoms. The van der Waals surface area contributed by atoms with E-state index in [1.807, 2.05) is 54.6 Å². The number of primary amides is 1. The molecule has 23 heavy (non-hydrogen) atoms. The number of urea groups is 1. The zero-order valence-electron chi connectivity index (χ0n) is 12.7. The van der Waals surface area contributed by atoms with Gasteiger partial charge in [0.25, 0.3) is 0 Å². The maximum absolute atomic E-state index is 12.5. The van der Waals surface area contributed by atoms with E-state index in [9.17, 15) is 9.59 Å². The lowest BCUT2D eigenvalue weighted by atomic mass is 9.94. The summed E-state index contributed by atoms with van der Waals surface area (Å²) in [5, 5.41) is 2.86. The monoisotopic (exact) mass is 309 g/mol. The molecule has 1 heterocycles. The van der Waals surface area contributed by atoms with Gasteiger partial charge >= 0.3 is 6.03 Å². The van der Waals surface area contributed by atoms with Gasteiger partial charge in [-0.05, 0) is 16.7 Å². The lowest BCUT2D eigenvalue weighted by Crippen LogP contribution is -2.54. The van der Waals surface area contributed by atoms with Crippen LogP contribution in [-0.2, 0) is 24.3 Å². The number of nitrogens with zero attached hydrogens (tertiary/aromatic N) is 1. The van der Waals surface area contributed by atoms with Crippen LogP contribution < -0.4 is 11.1 Å². The molecule has 1 aliphatic heterocycles. The fourth-order valence-electron chi connectivity index (χ4n) is 2.87. The maximum Gasteiger partial charge on any atom is 0.318 e. The Balaban J connectivity index is 1.74. The molecule has 2 aromatic rings. The van der Waals surface area contributed by atoms with Crippen molar-refractivity contribution in [1.82, 2.24) is 10.2 Å². The molecule has 5 nitrogen and oxygen atoms in total. The SMILES string of the molecule is NC(=O)[C@@H]1Cc2ccccc2CN1C(=O)NCc1ccccc1. The average Bonchev–Trinajstić information content (AvgIpc) is 2.59. The molecule has 0 saturated heterocycles. The van der Waals surface area contributed by atoms with E-state index >= 15 is 0 Å². The first-order valence-electron chi connectivity index (χ1n) is 7.59. The molecule has 0 radical (unpaired) electrons. The summed E-state index contributed by atoms with van der Waals surface area (Å²) in [5.74, 6) is -0.477. The van der Waals surface area contributed by atoms with E-state index in [4.69, 9.17) is 5.73 Å². The minimum Gasteiger partial charge on any atom is -0.368 e. The van der Waals surface area contributed by atoms with Crippen LogP contribution in [0.1, 0.15) is 16.7 Å². The number of amides is 3. The van der Waals surface area contributed by atoms with Crippen LogP contribution in [0.5, 0.6) is 0 Å². The van der Waals surface area contributed by atoms with Crippen LogP contribution in [0, 0.1) is 0 Å². The Morgan fingerprint density at radius 2 is 1.70 bits per heavy atom. The van der Waals surface area contributed by atoms with E-state index < -0.39 is 11.9 Å². The van der Waals surface area contributed by atoms with Gasteiger partial charge in [0.15, 0.2) is 0 Å². The first-order valence-corrected chi connectivity index (χ1v) is 7.59. The number of carbonyl (C=O) groups excluding carboxylic acids is 2. The second-order valence-electron chi connectivity index (χ2n) is 5.66. The van der Waals surface area contributed by atoms with Crippen LogP contribution in [0.15, 0.2) is 54.6 Å². The molecule has 0 aromatic heterocycles.